The van der Waals surface area contributed by atoms with Crippen LogP contribution in [0.4, 0.5) is 0 Å². The van der Waals surface area contributed by atoms with Crippen LogP contribution < -0.4 is 19.7 Å². The molecule has 2 N–H and O–H groups in total. The molecular formula is C14H17N3O5S2. The maximum Gasteiger partial charge on any atom is 0.257 e. The van der Waals surface area contributed by atoms with Gasteiger partial charge in [-0.2, -0.15) is 0 Å². The van der Waals surface area contributed by atoms with Gasteiger partial charge in [-0.3, -0.25) is 10.2 Å². The van der Waals surface area contributed by atoms with Gasteiger partial charge in [0.15, 0.2) is 11.5 Å². The van der Waals surface area contributed by atoms with Crippen LogP contribution in [0, 0.1) is 6.92 Å². The lowest BCUT2D eigenvalue weighted by molar-refractivity contribution is -0.120. The van der Waals surface area contributed by atoms with Gasteiger partial charge in [0.2, 0.25) is 5.91 Å². The third kappa shape index (κ3) is 4.43. The number of aryl methyl sites for hydroxylation is 1. The molecule has 0 bridgehead atoms. The Bertz CT molecular complexity index is 833. The number of hydrogen-bond acceptors (Lipinski definition) is 7. The maximum absolute atomic E-state index is 12.2. The summed E-state index contributed by atoms with van der Waals surface area (Å²) in [7, 11) is -1.08. The second-order valence-corrected chi connectivity index (χ2v) is 7.45. The number of benzene rings is 1. The largest absolute Gasteiger partial charge is 0.493 e. The van der Waals surface area contributed by atoms with Crippen LogP contribution in [-0.4, -0.2) is 33.5 Å². The summed E-state index contributed by atoms with van der Waals surface area (Å²) >= 11 is 1.42. The van der Waals surface area contributed by atoms with Crippen LogP contribution in [0.5, 0.6) is 11.5 Å². The number of nitrogens with zero attached hydrogens (tertiary/aromatic N) is 1. The summed E-state index contributed by atoms with van der Waals surface area (Å²) in [5.74, 6) is 0.161. The molecule has 2 rings (SSSR count). The topological polar surface area (TPSA) is 107 Å². The van der Waals surface area contributed by atoms with Gasteiger partial charge in [0.25, 0.3) is 10.0 Å². The van der Waals surface area contributed by atoms with Crippen LogP contribution in [-0.2, 0) is 21.2 Å². The van der Waals surface area contributed by atoms with E-state index in [9.17, 15) is 13.2 Å². The van der Waals surface area contributed by atoms with E-state index >= 15 is 0 Å². The van der Waals surface area contributed by atoms with E-state index in [1.165, 1.54) is 43.8 Å². The molecule has 0 aliphatic carbocycles. The molecule has 24 heavy (non-hydrogen) atoms. The number of methoxy groups -OCH3 is 2. The van der Waals surface area contributed by atoms with Gasteiger partial charge in [0.05, 0.1) is 36.2 Å². The highest BCUT2D eigenvalue weighted by Gasteiger charge is 2.18. The minimum atomic E-state index is -3.94. The number of nitrogens with one attached hydrogen (secondary N) is 2. The second-order valence-electron chi connectivity index (χ2n) is 4.71. The fourth-order valence-corrected chi connectivity index (χ4v) is 3.35. The molecule has 0 unspecified atom stereocenters. The number of amides is 1. The zero-order valence-electron chi connectivity index (χ0n) is 13.3. The number of sulfonamides is 1. The van der Waals surface area contributed by atoms with Crippen LogP contribution >= 0.6 is 11.3 Å². The van der Waals surface area contributed by atoms with Crippen molar-refractivity contribution in [1.29, 1.82) is 0 Å². The highest BCUT2D eigenvalue weighted by atomic mass is 32.2. The molecule has 1 amide bonds. The molecule has 0 spiro atoms. The molecule has 0 atom stereocenters. The Morgan fingerprint density at radius 1 is 1.25 bits per heavy atom. The molecule has 1 heterocycles. The van der Waals surface area contributed by atoms with E-state index in [2.05, 4.69) is 10.4 Å². The van der Waals surface area contributed by atoms with Crippen molar-refractivity contribution in [2.45, 2.75) is 18.2 Å². The molecule has 0 saturated heterocycles. The Morgan fingerprint density at radius 3 is 2.54 bits per heavy atom. The zero-order chi connectivity index (χ0) is 17.7. The second kappa shape index (κ2) is 7.60. The average Bonchev–Trinajstić information content (AvgIpc) is 2.97. The summed E-state index contributed by atoms with van der Waals surface area (Å²) in [6, 6.07) is 4.12. The van der Waals surface area contributed by atoms with Crippen molar-refractivity contribution in [2.75, 3.05) is 14.2 Å². The molecule has 0 saturated carbocycles. The van der Waals surface area contributed by atoms with Crippen LogP contribution in [0.15, 0.2) is 28.5 Å². The van der Waals surface area contributed by atoms with Crippen LogP contribution in [0.25, 0.3) is 0 Å². The summed E-state index contributed by atoms with van der Waals surface area (Å²) in [4.78, 5) is 17.9. The highest BCUT2D eigenvalue weighted by Crippen LogP contribution is 2.29. The van der Waals surface area contributed by atoms with Crippen molar-refractivity contribution < 1.29 is 22.7 Å². The molecule has 2 aromatic rings. The maximum atomic E-state index is 12.2. The number of ether oxygens (including phenoxy) is 2. The van der Waals surface area contributed by atoms with Gasteiger partial charge in [0.1, 0.15) is 0 Å². The van der Waals surface area contributed by atoms with E-state index < -0.39 is 15.9 Å². The van der Waals surface area contributed by atoms with Crippen molar-refractivity contribution in [3.8, 4) is 11.5 Å². The smallest absolute Gasteiger partial charge is 0.257 e. The third-order valence-electron chi connectivity index (χ3n) is 3.00. The summed E-state index contributed by atoms with van der Waals surface area (Å²) < 4.78 is 34.6. The molecule has 8 nitrogen and oxygen atoms in total. The average molecular weight is 371 g/mol. The minimum Gasteiger partial charge on any atom is -0.493 e. The predicted molar refractivity (Wildman–Crippen MR) is 88.6 cm³/mol. The number of rotatable bonds is 7. The van der Waals surface area contributed by atoms with Crippen molar-refractivity contribution >= 4 is 27.3 Å². The lowest BCUT2D eigenvalue weighted by atomic mass is 10.3. The molecule has 130 valence electrons. The van der Waals surface area contributed by atoms with Crippen molar-refractivity contribution in [2.24, 2.45) is 0 Å². The van der Waals surface area contributed by atoms with E-state index in [4.69, 9.17) is 9.47 Å². The Labute approximate surface area is 143 Å². The van der Waals surface area contributed by atoms with E-state index in [1.807, 2.05) is 11.8 Å². The fraction of sp³-hybridized carbons (Fsp3) is 0.286. The summed E-state index contributed by atoms with van der Waals surface area (Å²) in [6.45, 7) is 1.83. The number of thiazole rings is 1. The molecule has 0 aliphatic rings. The van der Waals surface area contributed by atoms with E-state index in [0.717, 1.165) is 5.01 Å². The van der Waals surface area contributed by atoms with Crippen LogP contribution in [0.1, 0.15) is 10.7 Å². The Kier molecular flexibility index (Phi) is 5.75. The van der Waals surface area contributed by atoms with Crippen molar-refractivity contribution in [3.05, 3.63) is 34.3 Å². The molecule has 1 aromatic carbocycles. The molecule has 0 aliphatic heterocycles. The van der Waals surface area contributed by atoms with E-state index in [0.29, 0.717) is 11.4 Å². The molecular weight excluding hydrogens is 354 g/mol. The summed E-state index contributed by atoms with van der Waals surface area (Å²) in [6.07, 6.45) is -0.0151. The number of hydrogen-bond donors (Lipinski definition) is 2. The van der Waals surface area contributed by atoms with Gasteiger partial charge >= 0.3 is 0 Å². The Balaban J connectivity index is 2.04. The van der Waals surface area contributed by atoms with Gasteiger partial charge < -0.3 is 9.47 Å². The molecule has 0 radical (unpaired) electrons. The number of aromatic nitrogens is 1. The molecule has 10 heteroatoms. The first-order valence-electron chi connectivity index (χ1n) is 6.79. The van der Waals surface area contributed by atoms with Crippen LogP contribution in [0.2, 0.25) is 0 Å². The molecule has 1 aromatic heterocycles. The Hall–Kier alpha value is -2.17. The fourth-order valence-electron chi connectivity index (χ4n) is 1.86. The number of carbonyl (C=O) groups is 1. The normalized spacial score (nSPS) is 11.1. The van der Waals surface area contributed by atoms with Crippen molar-refractivity contribution in [1.82, 2.24) is 15.2 Å². The number of hydrazine groups is 1. The van der Waals surface area contributed by atoms with Gasteiger partial charge in [-0.05, 0) is 19.1 Å². The first kappa shape index (κ1) is 18.2. The lowest BCUT2D eigenvalue weighted by Crippen LogP contribution is -2.42. The van der Waals surface area contributed by atoms with Gasteiger partial charge in [-0.25, -0.2) is 13.4 Å². The first-order valence-corrected chi connectivity index (χ1v) is 9.15. The minimum absolute atomic E-state index is 0.0151. The van der Waals surface area contributed by atoms with Gasteiger partial charge in [0, 0.05) is 11.4 Å². The predicted octanol–water partition coefficient (Wildman–Crippen LogP) is 1.02. The van der Waals surface area contributed by atoms with E-state index in [-0.39, 0.29) is 17.1 Å². The monoisotopic (exact) mass is 371 g/mol. The zero-order valence-corrected chi connectivity index (χ0v) is 15.0. The lowest BCUT2D eigenvalue weighted by Gasteiger charge is -2.11. The Morgan fingerprint density at radius 2 is 1.96 bits per heavy atom. The summed E-state index contributed by atoms with van der Waals surface area (Å²) in [5, 5.41) is 2.58. The summed E-state index contributed by atoms with van der Waals surface area (Å²) in [5.41, 5.74) is 2.74. The van der Waals surface area contributed by atoms with Gasteiger partial charge in [-0.1, -0.05) is 0 Å². The van der Waals surface area contributed by atoms with Crippen LogP contribution in [0.3, 0.4) is 0 Å². The molecule has 0 fully saturated rings. The van der Waals surface area contributed by atoms with Gasteiger partial charge in [-0.15, -0.1) is 16.2 Å². The number of carbonyl (C=O) groups excluding carboxylic acids is 1. The highest BCUT2D eigenvalue weighted by molar-refractivity contribution is 7.89. The van der Waals surface area contributed by atoms with Crippen molar-refractivity contribution in [3.63, 3.8) is 0 Å². The quantitative estimate of drug-likeness (QED) is 0.704. The third-order valence-corrected chi connectivity index (χ3v) is 5.07. The van der Waals surface area contributed by atoms with E-state index in [1.54, 1.807) is 5.38 Å². The first-order chi connectivity index (χ1) is 11.4. The SMILES string of the molecule is COc1ccc(S(=O)(=O)NNC(=O)Cc2csc(C)n2)cc1OC. The standard InChI is InChI=1S/C14H17N3O5S2/c1-9-15-10(8-23-9)6-14(18)16-17-24(19,20)11-4-5-12(21-2)13(7-11)22-3/h4-5,7-8,17H,6H2,1-3H3,(H,16,18).